The number of aldehydes is 1. The third kappa shape index (κ3) is 12.8. The molecule has 4 atom stereocenters. The summed E-state index contributed by atoms with van der Waals surface area (Å²) < 4.78 is 5.29. The molecule has 0 aromatic carbocycles. The zero-order valence-electron chi connectivity index (χ0n) is 16.4. The summed E-state index contributed by atoms with van der Waals surface area (Å²) in [5.41, 5.74) is 0. The van der Waals surface area contributed by atoms with Gasteiger partial charge in [-0.25, -0.2) is 0 Å². The number of aliphatic hydroxyl groups excluding tert-OH is 4. The van der Waals surface area contributed by atoms with Crippen molar-refractivity contribution in [2.45, 2.75) is 108 Å². The number of aliphatic hydroxyl groups is 4. The van der Waals surface area contributed by atoms with E-state index in [1.54, 1.807) is 0 Å². The molecule has 0 radical (unpaired) electrons. The summed E-state index contributed by atoms with van der Waals surface area (Å²) in [6, 6.07) is 0. The van der Waals surface area contributed by atoms with Gasteiger partial charge in [-0.3, -0.25) is 0 Å². The largest absolute Gasteiger partial charge is 0.394 e. The zero-order valence-corrected chi connectivity index (χ0v) is 16.4. The van der Waals surface area contributed by atoms with Crippen molar-refractivity contribution in [3.8, 4) is 0 Å². The fraction of sp³-hybridized carbons (Fsp3) is 0.950. The number of rotatable bonds is 19. The van der Waals surface area contributed by atoms with Gasteiger partial charge in [-0.15, -0.1) is 0 Å². The summed E-state index contributed by atoms with van der Waals surface area (Å²) in [7, 11) is 0. The lowest BCUT2D eigenvalue weighted by molar-refractivity contribution is -0.146. The van der Waals surface area contributed by atoms with E-state index in [0.29, 0.717) is 12.9 Å². The Hall–Kier alpha value is -0.530. The molecule has 0 heterocycles. The third-order valence-corrected chi connectivity index (χ3v) is 4.71. The monoisotopic (exact) mass is 376 g/mol. The van der Waals surface area contributed by atoms with Gasteiger partial charge < -0.3 is 30.0 Å². The van der Waals surface area contributed by atoms with Crippen LogP contribution in [-0.4, -0.2) is 64.3 Å². The van der Waals surface area contributed by atoms with Crippen LogP contribution < -0.4 is 0 Å². The summed E-state index contributed by atoms with van der Waals surface area (Å²) in [5.74, 6) is 0. The van der Waals surface area contributed by atoms with E-state index < -0.39 is 31.0 Å². The molecular formula is C20H40O6. The number of hydrogen-bond acceptors (Lipinski definition) is 6. The molecule has 4 N–H and O–H groups in total. The Balaban J connectivity index is 3.56. The summed E-state index contributed by atoms with van der Waals surface area (Å²) in [6.45, 7) is 1.86. The van der Waals surface area contributed by atoms with Crippen LogP contribution in [0.15, 0.2) is 0 Å². The van der Waals surface area contributed by atoms with Gasteiger partial charge in [-0.2, -0.15) is 0 Å². The average Bonchev–Trinajstić information content (AvgIpc) is 2.66. The summed E-state index contributed by atoms with van der Waals surface area (Å²) in [6.07, 6.45) is 9.27. The first-order chi connectivity index (χ1) is 12.6. The maximum absolute atomic E-state index is 11.0. The molecule has 6 nitrogen and oxygen atoms in total. The first-order valence-corrected chi connectivity index (χ1v) is 10.3. The van der Waals surface area contributed by atoms with Crippen LogP contribution in [0, 0.1) is 0 Å². The van der Waals surface area contributed by atoms with Crippen LogP contribution in [0.1, 0.15) is 84.0 Å². The number of carbonyl (C=O) groups is 1. The first kappa shape index (κ1) is 25.5. The van der Waals surface area contributed by atoms with Crippen LogP contribution in [-0.2, 0) is 9.53 Å². The highest BCUT2D eigenvalue weighted by Crippen LogP contribution is 2.12. The highest BCUT2D eigenvalue weighted by Gasteiger charge is 2.31. The van der Waals surface area contributed by atoms with Gasteiger partial charge in [0, 0.05) is 6.61 Å². The normalized spacial score (nSPS) is 16.2. The molecule has 0 saturated heterocycles. The minimum atomic E-state index is -1.61. The van der Waals surface area contributed by atoms with Crippen LogP contribution in [0.2, 0.25) is 0 Å². The molecule has 0 spiro atoms. The van der Waals surface area contributed by atoms with E-state index in [-0.39, 0.29) is 0 Å². The Bertz CT molecular complexity index is 313. The lowest BCUT2D eigenvalue weighted by Crippen LogP contribution is -2.47. The van der Waals surface area contributed by atoms with Crippen molar-refractivity contribution in [1.82, 2.24) is 0 Å². The summed E-state index contributed by atoms with van der Waals surface area (Å²) >= 11 is 0. The summed E-state index contributed by atoms with van der Waals surface area (Å²) in [4.78, 5) is 11.0. The van der Waals surface area contributed by atoms with Crippen molar-refractivity contribution in [3.63, 3.8) is 0 Å². The Labute approximate surface area is 158 Å². The Morgan fingerprint density at radius 2 is 1.23 bits per heavy atom. The van der Waals surface area contributed by atoms with E-state index in [9.17, 15) is 20.1 Å². The van der Waals surface area contributed by atoms with E-state index in [2.05, 4.69) is 6.92 Å². The van der Waals surface area contributed by atoms with Crippen molar-refractivity contribution in [3.05, 3.63) is 0 Å². The van der Waals surface area contributed by atoms with Crippen molar-refractivity contribution in [2.24, 2.45) is 0 Å². The Morgan fingerprint density at radius 1 is 0.769 bits per heavy atom. The number of unbranched alkanes of at least 4 members (excludes halogenated alkanes) is 11. The minimum absolute atomic E-state index is 0.319. The number of hydrogen-bond donors (Lipinski definition) is 4. The average molecular weight is 377 g/mol. The maximum Gasteiger partial charge on any atom is 0.151 e. The van der Waals surface area contributed by atoms with Crippen molar-refractivity contribution in [2.75, 3.05) is 13.2 Å². The van der Waals surface area contributed by atoms with Crippen LogP contribution in [0.25, 0.3) is 0 Å². The van der Waals surface area contributed by atoms with Crippen LogP contribution in [0.5, 0.6) is 0 Å². The quantitative estimate of drug-likeness (QED) is 0.204. The van der Waals surface area contributed by atoms with Crippen LogP contribution in [0.3, 0.4) is 0 Å². The predicted molar refractivity (Wildman–Crippen MR) is 102 cm³/mol. The molecule has 156 valence electrons. The minimum Gasteiger partial charge on any atom is -0.394 e. The molecule has 0 unspecified atom stereocenters. The standard InChI is InChI=1S/C20H40O6/c1-2-3-4-5-6-7-8-9-10-11-12-13-14-26-18(16-22)20(25)19(24)17(23)15-21/h16-21,23-25H,2-15H2,1H3/t17-,18+,19-,20-/m1/s1. The Morgan fingerprint density at radius 3 is 1.65 bits per heavy atom. The van der Waals surface area contributed by atoms with Gasteiger partial charge in [-0.1, -0.05) is 77.6 Å². The van der Waals surface area contributed by atoms with E-state index in [1.165, 1.54) is 57.8 Å². The van der Waals surface area contributed by atoms with Crippen LogP contribution in [0.4, 0.5) is 0 Å². The third-order valence-electron chi connectivity index (χ3n) is 4.71. The maximum atomic E-state index is 11.0. The highest BCUT2D eigenvalue weighted by atomic mass is 16.5. The van der Waals surface area contributed by atoms with E-state index in [1.807, 2.05) is 0 Å². The van der Waals surface area contributed by atoms with Crippen molar-refractivity contribution >= 4 is 6.29 Å². The van der Waals surface area contributed by atoms with E-state index in [4.69, 9.17) is 9.84 Å². The van der Waals surface area contributed by atoms with Crippen LogP contribution >= 0.6 is 0 Å². The number of ether oxygens (including phenoxy) is 1. The second-order valence-corrected chi connectivity index (χ2v) is 7.09. The SMILES string of the molecule is CCCCCCCCCCCCCCO[C@@H](C=O)[C@@H](O)[C@H](O)[C@H](O)CO. The molecule has 0 aromatic heterocycles. The van der Waals surface area contributed by atoms with Gasteiger partial charge in [0.1, 0.15) is 24.4 Å². The molecular weight excluding hydrogens is 336 g/mol. The molecule has 6 heteroatoms. The molecule has 0 amide bonds. The van der Waals surface area contributed by atoms with Gasteiger partial charge in [0.15, 0.2) is 6.29 Å². The zero-order chi connectivity index (χ0) is 19.6. The molecule has 0 aliphatic rings. The summed E-state index contributed by atoms with van der Waals surface area (Å²) in [5, 5.41) is 37.4. The van der Waals surface area contributed by atoms with Gasteiger partial charge >= 0.3 is 0 Å². The fourth-order valence-corrected chi connectivity index (χ4v) is 2.91. The predicted octanol–water partition coefficient (Wildman–Crippen LogP) is 2.35. The molecule has 0 bridgehead atoms. The lowest BCUT2D eigenvalue weighted by Gasteiger charge is -2.25. The second kappa shape index (κ2) is 17.9. The molecule has 0 rings (SSSR count). The molecule has 0 aromatic rings. The van der Waals surface area contributed by atoms with Gasteiger partial charge in [-0.05, 0) is 6.42 Å². The molecule has 0 aliphatic carbocycles. The molecule has 26 heavy (non-hydrogen) atoms. The van der Waals surface area contributed by atoms with Crippen molar-refractivity contribution in [1.29, 1.82) is 0 Å². The second-order valence-electron chi connectivity index (χ2n) is 7.09. The fourth-order valence-electron chi connectivity index (χ4n) is 2.91. The smallest absolute Gasteiger partial charge is 0.151 e. The van der Waals surface area contributed by atoms with E-state index >= 15 is 0 Å². The van der Waals surface area contributed by atoms with Crippen molar-refractivity contribution < 1.29 is 30.0 Å². The topological polar surface area (TPSA) is 107 Å². The molecule has 0 saturated carbocycles. The lowest BCUT2D eigenvalue weighted by atomic mass is 10.0. The molecule has 0 fully saturated rings. The van der Waals surface area contributed by atoms with Gasteiger partial charge in [0.2, 0.25) is 0 Å². The van der Waals surface area contributed by atoms with E-state index in [0.717, 1.165) is 19.3 Å². The van der Waals surface area contributed by atoms with Gasteiger partial charge in [0.25, 0.3) is 0 Å². The van der Waals surface area contributed by atoms with Gasteiger partial charge in [0.05, 0.1) is 6.61 Å². The Kier molecular flexibility index (Phi) is 17.5. The first-order valence-electron chi connectivity index (χ1n) is 10.3. The highest BCUT2D eigenvalue weighted by molar-refractivity contribution is 5.57. The molecule has 0 aliphatic heterocycles. The number of carbonyl (C=O) groups excluding carboxylic acids is 1.